The molecular formula is C37H40FN3O5S. The number of halogens is 1. The summed E-state index contributed by atoms with van der Waals surface area (Å²) in [7, 11) is -2.87. The van der Waals surface area contributed by atoms with E-state index >= 15 is 4.39 Å². The summed E-state index contributed by atoms with van der Waals surface area (Å²) in [6.45, 7) is -0.902. The predicted molar refractivity (Wildman–Crippen MR) is 180 cm³/mol. The van der Waals surface area contributed by atoms with Crippen molar-refractivity contribution >= 4 is 27.5 Å². The fraction of sp³-hybridized carbons (Fsp3) is 0.297. The van der Waals surface area contributed by atoms with Gasteiger partial charge in [-0.3, -0.25) is 13.9 Å². The van der Waals surface area contributed by atoms with E-state index in [0.29, 0.717) is 0 Å². The fourth-order valence-electron chi connectivity index (χ4n) is 5.98. The summed E-state index contributed by atoms with van der Waals surface area (Å²) in [6.07, 6.45) is 4.92. The van der Waals surface area contributed by atoms with Crippen molar-refractivity contribution in [2.45, 2.75) is 62.0 Å². The molecule has 0 heterocycles. The number of amides is 2. The van der Waals surface area contributed by atoms with E-state index in [1.807, 2.05) is 30.3 Å². The molecule has 47 heavy (non-hydrogen) atoms. The number of sulfonamides is 1. The highest BCUT2D eigenvalue weighted by Crippen LogP contribution is 2.33. The fourth-order valence-corrected chi connectivity index (χ4v) is 7.42. The Labute approximate surface area is 276 Å². The van der Waals surface area contributed by atoms with E-state index in [2.05, 4.69) is 5.32 Å². The zero-order valence-electron chi connectivity index (χ0n) is 26.4. The van der Waals surface area contributed by atoms with Crippen molar-refractivity contribution in [1.29, 1.82) is 0 Å². The minimum atomic E-state index is -4.29. The molecule has 0 aromatic heterocycles. The van der Waals surface area contributed by atoms with Gasteiger partial charge in [-0.2, -0.15) is 0 Å². The van der Waals surface area contributed by atoms with E-state index in [9.17, 15) is 18.0 Å². The molecule has 4 aromatic rings. The average Bonchev–Trinajstić information content (AvgIpc) is 3.10. The summed E-state index contributed by atoms with van der Waals surface area (Å²) in [6, 6.07) is 28.6. The van der Waals surface area contributed by atoms with Crippen molar-refractivity contribution in [3.8, 4) is 5.75 Å². The van der Waals surface area contributed by atoms with Crippen LogP contribution in [0.1, 0.15) is 43.2 Å². The number of nitrogens with one attached hydrogen (secondary N) is 1. The van der Waals surface area contributed by atoms with Gasteiger partial charge in [0.05, 0.1) is 17.7 Å². The Morgan fingerprint density at radius 1 is 0.851 bits per heavy atom. The first-order chi connectivity index (χ1) is 22.8. The van der Waals surface area contributed by atoms with E-state index in [1.54, 1.807) is 60.7 Å². The van der Waals surface area contributed by atoms with Crippen molar-refractivity contribution in [3.05, 3.63) is 126 Å². The monoisotopic (exact) mass is 657 g/mol. The van der Waals surface area contributed by atoms with Crippen molar-refractivity contribution < 1.29 is 27.1 Å². The van der Waals surface area contributed by atoms with Gasteiger partial charge in [0.15, 0.2) is 0 Å². The number of carbonyl (C=O) groups excluding carboxylic acids is 2. The standard InChI is InChI=1S/C37H40FN3O5S/c1-46-35-24-14-13-23-33(35)41(47(44,45)31-20-9-4-10-21-31)27-36(42)40(26-29-17-11-12-22-32(29)38)34(25-28-15-5-2-6-16-28)37(43)39-30-18-7-3-8-19-30/h2,4-6,9-17,20-24,30,34H,3,7-8,18-19,25-27H2,1H3,(H,39,43)/t34-/m0/s1. The second-order valence-corrected chi connectivity index (χ2v) is 13.5. The number of rotatable bonds is 13. The Bertz CT molecular complexity index is 1750. The van der Waals surface area contributed by atoms with Gasteiger partial charge in [-0.05, 0) is 48.7 Å². The number of methoxy groups -OCH3 is 1. The Hall–Kier alpha value is -4.70. The lowest BCUT2D eigenvalue weighted by atomic mass is 9.94. The van der Waals surface area contributed by atoms with Gasteiger partial charge >= 0.3 is 0 Å². The lowest BCUT2D eigenvalue weighted by Crippen LogP contribution is -2.55. The van der Waals surface area contributed by atoms with Crippen LogP contribution in [0.5, 0.6) is 5.75 Å². The SMILES string of the molecule is COc1ccccc1N(CC(=O)N(Cc1ccccc1F)[C@@H](Cc1ccccc1)C(=O)NC1CCCCC1)S(=O)(=O)c1ccccc1. The molecule has 1 atom stereocenters. The Balaban J connectivity index is 1.58. The third kappa shape index (κ3) is 8.37. The van der Waals surface area contributed by atoms with Gasteiger partial charge in [0.1, 0.15) is 24.2 Å². The summed E-state index contributed by atoms with van der Waals surface area (Å²) >= 11 is 0. The molecule has 1 fully saturated rings. The second kappa shape index (κ2) is 15.7. The highest BCUT2D eigenvalue weighted by Gasteiger charge is 2.36. The molecule has 246 valence electrons. The van der Waals surface area contributed by atoms with Crippen LogP contribution in [-0.2, 0) is 32.6 Å². The summed E-state index contributed by atoms with van der Waals surface area (Å²) in [5.41, 5.74) is 1.17. The van der Waals surface area contributed by atoms with Crippen LogP contribution in [-0.4, -0.2) is 50.9 Å². The zero-order valence-corrected chi connectivity index (χ0v) is 27.2. The van der Waals surface area contributed by atoms with Crippen molar-refractivity contribution in [2.24, 2.45) is 0 Å². The van der Waals surface area contributed by atoms with Gasteiger partial charge in [-0.1, -0.05) is 98.1 Å². The lowest BCUT2D eigenvalue weighted by molar-refractivity contribution is -0.140. The molecule has 8 nitrogen and oxygen atoms in total. The average molecular weight is 658 g/mol. The van der Waals surface area contributed by atoms with Crippen LogP contribution in [0, 0.1) is 5.82 Å². The van der Waals surface area contributed by atoms with Gasteiger partial charge in [0.25, 0.3) is 10.0 Å². The van der Waals surface area contributed by atoms with Crippen LogP contribution in [0.2, 0.25) is 0 Å². The molecule has 4 aromatic carbocycles. The number of hydrogen-bond donors (Lipinski definition) is 1. The molecule has 1 N–H and O–H groups in total. The molecular weight excluding hydrogens is 617 g/mol. The highest BCUT2D eigenvalue weighted by atomic mass is 32.2. The number of carbonyl (C=O) groups is 2. The van der Waals surface area contributed by atoms with Gasteiger partial charge in [-0.15, -0.1) is 0 Å². The third-order valence-electron chi connectivity index (χ3n) is 8.49. The number of hydrogen-bond acceptors (Lipinski definition) is 5. The molecule has 1 aliphatic rings. The topological polar surface area (TPSA) is 96.0 Å². The minimum absolute atomic E-state index is 0.0183. The molecule has 5 rings (SSSR count). The maximum absolute atomic E-state index is 15.2. The molecule has 1 saturated carbocycles. The Kier molecular flexibility index (Phi) is 11.3. The van der Waals surface area contributed by atoms with Crippen LogP contribution in [0.25, 0.3) is 0 Å². The molecule has 0 aliphatic heterocycles. The van der Waals surface area contributed by atoms with Crippen LogP contribution in [0.3, 0.4) is 0 Å². The summed E-state index contributed by atoms with van der Waals surface area (Å²) in [4.78, 5) is 30.1. The molecule has 0 saturated heterocycles. The number of para-hydroxylation sites is 2. The van der Waals surface area contributed by atoms with E-state index in [4.69, 9.17) is 4.74 Å². The maximum atomic E-state index is 15.2. The molecule has 0 radical (unpaired) electrons. The highest BCUT2D eigenvalue weighted by molar-refractivity contribution is 7.92. The van der Waals surface area contributed by atoms with Crippen LogP contribution < -0.4 is 14.4 Å². The minimum Gasteiger partial charge on any atom is -0.495 e. The lowest BCUT2D eigenvalue weighted by Gasteiger charge is -2.35. The van der Waals surface area contributed by atoms with Crippen molar-refractivity contribution in [1.82, 2.24) is 10.2 Å². The van der Waals surface area contributed by atoms with Crippen LogP contribution >= 0.6 is 0 Å². The van der Waals surface area contributed by atoms with Crippen LogP contribution in [0.4, 0.5) is 10.1 Å². The quantitative estimate of drug-likeness (QED) is 0.187. The molecule has 2 amide bonds. The first-order valence-corrected chi connectivity index (χ1v) is 17.3. The summed E-state index contributed by atoms with van der Waals surface area (Å²) in [5.74, 6) is -1.31. The summed E-state index contributed by atoms with van der Waals surface area (Å²) in [5, 5.41) is 3.16. The van der Waals surface area contributed by atoms with E-state index in [1.165, 1.54) is 30.2 Å². The Morgan fingerprint density at radius 3 is 2.15 bits per heavy atom. The van der Waals surface area contributed by atoms with Gasteiger partial charge in [0, 0.05) is 24.6 Å². The smallest absolute Gasteiger partial charge is 0.264 e. The summed E-state index contributed by atoms with van der Waals surface area (Å²) < 4.78 is 50.0. The molecule has 0 unspecified atom stereocenters. The largest absolute Gasteiger partial charge is 0.495 e. The van der Waals surface area contributed by atoms with E-state index in [0.717, 1.165) is 42.0 Å². The first-order valence-electron chi connectivity index (χ1n) is 15.9. The second-order valence-electron chi connectivity index (χ2n) is 11.7. The zero-order chi connectivity index (χ0) is 33.2. The molecule has 0 spiro atoms. The van der Waals surface area contributed by atoms with Crippen molar-refractivity contribution in [3.63, 3.8) is 0 Å². The number of anilines is 1. The third-order valence-corrected chi connectivity index (χ3v) is 10.3. The number of nitrogens with zero attached hydrogens (tertiary/aromatic N) is 2. The van der Waals surface area contributed by atoms with E-state index < -0.39 is 34.3 Å². The van der Waals surface area contributed by atoms with E-state index in [-0.39, 0.29) is 46.8 Å². The maximum Gasteiger partial charge on any atom is 0.264 e. The van der Waals surface area contributed by atoms with Crippen molar-refractivity contribution in [2.75, 3.05) is 18.0 Å². The van der Waals surface area contributed by atoms with Crippen LogP contribution in [0.15, 0.2) is 114 Å². The van der Waals surface area contributed by atoms with Gasteiger partial charge in [-0.25, -0.2) is 12.8 Å². The number of benzene rings is 4. The Morgan fingerprint density at radius 2 is 1.47 bits per heavy atom. The number of ether oxygens (including phenoxy) is 1. The molecule has 0 bridgehead atoms. The predicted octanol–water partition coefficient (Wildman–Crippen LogP) is 6.12. The first kappa shape index (κ1) is 33.7. The normalized spacial score (nSPS) is 14.2. The van der Waals surface area contributed by atoms with Gasteiger partial charge < -0.3 is 15.0 Å². The van der Waals surface area contributed by atoms with Gasteiger partial charge in [0.2, 0.25) is 11.8 Å². The molecule has 1 aliphatic carbocycles. The molecule has 10 heteroatoms.